The number of rotatable bonds is 11. The predicted octanol–water partition coefficient (Wildman–Crippen LogP) is 6.17. The summed E-state index contributed by atoms with van der Waals surface area (Å²) in [4.78, 5) is 29.6. The standard InChI is InChI=1S/C27H31N2O.C6H13O6P.CH5N/c1-5-28(6-2)21-14-16-23-25(18-21)30-26-19-22(29(7-3)8-4)15-17-24(26)27(23)20-12-10-9-11-13-20;1-11-6(7)12-4-2-3-5-13(8,9)10;1-2/h9-19H,5-8H2,1-4H3;2-5H2,1H3,(H2,8,9,10);2H2,1H3/q+1;;. The first-order valence-corrected chi connectivity index (χ1v) is 17.2. The van der Waals surface area contributed by atoms with E-state index in [1.165, 1.54) is 36.3 Å². The molecule has 0 unspecified atom stereocenters. The van der Waals surface area contributed by atoms with Crippen molar-refractivity contribution in [2.24, 2.45) is 5.73 Å². The van der Waals surface area contributed by atoms with Crippen LogP contribution in [0.25, 0.3) is 33.4 Å². The second-order valence-electron chi connectivity index (χ2n) is 9.95. The van der Waals surface area contributed by atoms with Gasteiger partial charge in [0, 0.05) is 53.6 Å². The third-order valence-electron chi connectivity index (χ3n) is 7.24. The maximum Gasteiger partial charge on any atom is 0.507 e. The summed E-state index contributed by atoms with van der Waals surface area (Å²) in [5.74, 6) is 0.933. The molecule has 0 aromatic heterocycles. The topological polar surface area (TPSA) is 138 Å². The Morgan fingerprint density at radius 3 is 2.18 bits per heavy atom. The summed E-state index contributed by atoms with van der Waals surface area (Å²) < 4.78 is 27.9. The average molecular weight is 643 g/mol. The Bertz CT molecular complexity index is 1560. The van der Waals surface area contributed by atoms with Gasteiger partial charge in [0.1, 0.15) is 24.4 Å². The van der Waals surface area contributed by atoms with Crippen molar-refractivity contribution in [2.45, 2.75) is 40.5 Å². The lowest BCUT2D eigenvalue weighted by Crippen LogP contribution is -2.29. The molecular weight excluding hydrogens is 593 g/mol. The molecule has 4 rings (SSSR count). The Hall–Kier alpha value is -3.69. The molecule has 45 heavy (non-hydrogen) atoms. The van der Waals surface area contributed by atoms with Crippen LogP contribution in [0.5, 0.6) is 0 Å². The van der Waals surface area contributed by atoms with E-state index in [1.54, 1.807) is 0 Å². The van der Waals surface area contributed by atoms with Crippen molar-refractivity contribution in [3.05, 3.63) is 72.1 Å². The fourth-order valence-electron chi connectivity index (χ4n) is 4.99. The van der Waals surface area contributed by atoms with Gasteiger partial charge in [0.25, 0.3) is 0 Å². The number of carbonyl (C=O) groups excluding carboxylic acids is 1. The molecule has 0 spiro atoms. The third kappa shape index (κ3) is 11.0. The molecule has 0 bridgehead atoms. The van der Waals surface area contributed by atoms with E-state index >= 15 is 0 Å². The van der Waals surface area contributed by atoms with Gasteiger partial charge in [-0.05, 0) is 71.3 Å². The second-order valence-corrected chi connectivity index (χ2v) is 11.7. The van der Waals surface area contributed by atoms with Crippen LogP contribution in [0.4, 0.5) is 10.5 Å². The van der Waals surface area contributed by atoms with E-state index in [9.17, 15) is 9.36 Å². The molecule has 1 aliphatic carbocycles. The molecule has 2 aromatic rings. The first kappa shape index (κ1) is 37.5. The quantitative estimate of drug-likeness (QED) is 0.0577. The summed E-state index contributed by atoms with van der Waals surface area (Å²) in [5.41, 5.74) is 10.2. The number of fused-ring (bicyclic) bond motifs is 2. The van der Waals surface area contributed by atoms with Gasteiger partial charge in [0.2, 0.25) is 5.36 Å². The summed E-state index contributed by atoms with van der Waals surface area (Å²) >= 11 is 0. The zero-order valence-corrected chi connectivity index (χ0v) is 28.3. The molecule has 11 heteroatoms. The average Bonchev–Trinajstić information content (AvgIpc) is 3.05. The monoisotopic (exact) mass is 642 g/mol. The van der Waals surface area contributed by atoms with Crippen LogP contribution < -0.4 is 20.6 Å². The van der Waals surface area contributed by atoms with Crippen LogP contribution in [0.3, 0.4) is 0 Å². The van der Waals surface area contributed by atoms with E-state index in [2.05, 4.69) is 119 Å². The second kappa shape index (κ2) is 19.0. The lowest BCUT2D eigenvalue weighted by Gasteiger charge is -2.22. The molecular formula is C34H49N3O7P+. The van der Waals surface area contributed by atoms with Gasteiger partial charge in [0.05, 0.1) is 19.8 Å². The molecule has 1 heterocycles. The van der Waals surface area contributed by atoms with Crippen LogP contribution >= 0.6 is 7.60 Å². The van der Waals surface area contributed by atoms with Crippen molar-refractivity contribution >= 4 is 30.4 Å². The highest BCUT2D eigenvalue weighted by atomic mass is 31.2. The number of nitrogens with zero attached hydrogens (tertiary/aromatic N) is 2. The normalized spacial score (nSPS) is 10.8. The highest BCUT2D eigenvalue weighted by Gasteiger charge is 2.19. The first-order valence-electron chi connectivity index (χ1n) is 15.4. The number of benzene rings is 3. The van der Waals surface area contributed by atoms with E-state index in [4.69, 9.17) is 14.2 Å². The molecule has 0 saturated carbocycles. The number of methoxy groups -OCH3 is 1. The Morgan fingerprint density at radius 2 is 1.60 bits per heavy atom. The molecule has 4 N–H and O–H groups in total. The smallest absolute Gasteiger partial charge is 0.456 e. The van der Waals surface area contributed by atoms with E-state index in [-0.39, 0.29) is 12.8 Å². The van der Waals surface area contributed by atoms with E-state index in [0.29, 0.717) is 12.8 Å². The number of ether oxygens (including phenoxy) is 2. The molecule has 0 saturated heterocycles. The number of anilines is 1. The maximum atomic E-state index is 10.4. The number of hydrogen-bond donors (Lipinski definition) is 3. The van der Waals surface area contributed by atoms with Gasteiger partial charge in [-0.1, -0.05) is 30.3 Å². The zero-order valence-electron chi connectivity index (χ0n) is 27.4. The molecule has 2 aromatic carbocycles. The SMILES string of the molecule is CCN(CC)c1ccc2c(-c3ccccc3)c3ccc(=[N+](CC)CC)cc-3oc2c1.CN.COC(=O)OCCCCP(=O)(O)O. The predicted molar refractivity (Wildman–Crippen MR) is 183 cm³/mol. The van der Waals surface area contributed by atoms with Gasteiger partial charge in [-0.15, -0.1) is 0 Å². The Morgan fingerprint density at radius 1 is 0.933 bits per heavy atom. The highest BCUT2D eigenvalue weighted by Crippen LogP contribution is 2.40. The highest BCUT2D eigenvalue weighted by molar-refractivity contribution is 7.51. The Labute approximate surface area is 266 Å². The summed E-state index contributed by atoms with van der Waals surface area (Å²) in [6.07, 6.45) is -0.227. The largest absolute Gasteiger partial charge is 0.507 e. The summed E-state index contributed by atoms with van der Waals surface area (Å²) in [7, 11) is -1.22. The fourth-order valence-corrected chi connectivity index (χ4v) is 5.62. The van der Waals surface area contributed by atoms with Crippen molar-refractivity contribution < 1.29 is 33.0 Å². The first-order chi connectivity index (χ1) is 21.6. The Balaban J connectivity index is 0.000000398. The minimum Gasteiger partial charge on any atom is -0.456 e. The Kier molecular flexibility index (Phi) is 15.8. The lowest BCUT2D eigenvalue weighted by molar-refractivity contribution is 0.0717. The summed E-state index contributed by atoms with van der Waals surface area (Å²) in [5, 5.41) is 2.36. The number of hydrogen-bond acceptors (Lipinski definition) is 7. The van der Waals surface area contributed by atoms with Crippen LogP contribution in [0.15, 0.2) is 71.1 Å². The van der Waals surface area contributed by atoms with Crippen molar-refractivity contribution in [1.29, 1.82) is 0 Å². The molecule has 1 aliphatic heterocycles. The van der Waals surface area contributed by atoms with Gasteiger partial charge in [0.15, 0.2) is 0 Å². The van der Waals surface area contributed by atoms with E-state index in [1.807, 2.05) is 0 Å². The van der Waals surface area contributed by atoms with Gasteiger partial charge in [-0.3, -0.25) is 4.57 Å². The third-order valence-corrected chi connectivity index (χ3v) is 8.14. The molecule has 2 aliphatic rings. The molecule has 10 nitrogen and oxygen atoms in total. The van der Waals surface area contributed by atoms with Crippen LogP contribution in [0, 0.1) is 0 Å². The minimum absolute atomic E-state index is 0.118. The summed E-state index contributed by atoms with van der Waals surface area (Å²) in [6, 6.07) is 23.9. The number of unbranched alkanes of at least 4 members (excludes halogenated alkanes) is 1. The van der Waals surface area contributed by atoms with Crippen molar-refractivity contribution in [3.8, 4) is 22.5 Å². The molecule has 0 atom stereocenters. The van der Waals surface area contributed by atoms with Crippen LogP contribution in [-0.2, 0) is 14.0 Å². The minimum atomic E-state index is -3.91. The maximum absolute atomic E-state index is 10.4. The van der Waals surface area contributed by atoms with E-state index in [0.717, 1.165) is 48.5 Å². The van der Waals surface area contributed by atoms with Gasteiger partial charge < -0.3 is 34.3 Å². The number of nitrogens with two attached hydrogens (primary N) is 1. The van der Waals surface area contributed by atoms with Crippen LogP contribution in [-0.4, -0.2) is 69.0 Å². The van der Waals surface area contributed by atoms with E-state index < -0.39 is 13.8 Å². The zero-order chi connectivity index (χ0) is 33.4. The number of carbonyl (C=O) groups is 1. The van der Waals surface area contributed by atoms with Crippen molar-refractivity contribution in [1.82, 2.24) is 4.58 Å². The van der Waals surface area contributed by atoms with Crippen LogP contribution in [0.1, 0.15) is 40.5 Å². The van der Waals surface area contributed by atoms with Gasteiger partial charge in [-0.2, -0.15) is 0 Å². The molecule has 0 amide bonds. The lowest BCUT2D eigenvalue weighted by atomic mass is 9.93. The van der Waals surface area contributed by atoms with Gasteiger partial charge >= 0.3 is 13.8 Å². The van der Waals surface area contributed by atoms with Crippen molar-refractivity contribution in [2.75, 3.05) is 58.0 Å². The fraction of sp³-hybridized carbons (Fsp3) is 0.412. The molecule has 0 fully saturated rings. The molecule has 0 radical (unpaired) electrons. The van der Waals surface area contributed by atoms with Gasteiger partial charge in [-0.25, -0.2) is 9.37 Å². The summed E-state index contributed by atoms with van der Waals surface area (Å²) in [6.45, 7) is 12.8. The van der Waals surface area contributed by atoms with Crippen LogP contribution in [0.2, 0.25) is 0 Å². The molecule has 246 valence electrons. The van der Waals surface area contributed by atoms with Crippen molar-refractivity contribution in [3.63, 3.8) is 0 Å².